The standard InChI is InChI=1S/C21H28O3/c1-20-9-7-15(23)11-14(20)3-5-16-17-6-4-13(8-10-22)21(17,2)12-18(24)19(16)20/h7-9,11,16-19,22,24H,3-6,10,12H2,1-2H3/b13-8+. The number of aliphatic hydroxyl groups excluding tert-OH is 2. The molecule has 0 radical (unpaired) electrons. The van der Waals surface area contributed by atoms with E-state index in [2.05, 4.69) is 19.9 Å². The van der Waals surface area contributed by atoms with E-state index in [1.54, 1.807) is 6.08 Å². The third-order valence-electron chi connectivity index (χ3n) is 7.68. The van der Waals surface area contributed by atoms with Gasteiger partial charge in [-0.3, -0.25) is 4.79 Å². The number of aliphatic hydroxyl groups is 2. The molecular formula is C21H28O3. The Labute approximate surface area is 144 Å². The number of hydrogen-bond donors (Lipinski definition) is 2. The molecule has 0 aliphatic heterocycles. The van der Waals surface area contributed by atoms with Gasteiger partial charge in [0, 0.05) is 11.3 Å². The highest BCUT2D eigenvalue weighted by atomic mass is 16.3. The van der Waals surface area contributed by atoms with Gasteiger partial charge in [0.1, 0.15) is 0 Å². The monoisotopic (exact) mass is 328 g/mol. The van der Waals surface area contributed by atoms with E-state index in [4.69, 9.17) is 0 Å². The van der Waals surface area contributed by atoms with E-state index in [-0.39, 0.29) is 35.2 Å². The first-order chi connectivity index (χ1) is 11.4. The fourth-order valence-corrected chi connectivity index (χ4v) is 6.62. The molecule has 0 saturated heterocycles. The summed E-state index contributed by atoms with van der Waals surface area (Å²) in [6.45, 7) is 4.60. The summed E-state index contributed by atoms with van der Waals surface area (Å²) in [6, 6.07) is 0. The Kier molecular flexibility index (Phi) is 3.67. The normalized spacial score (nSPS) is 48.8. The molecule has 4 rings (SSSR count). The van der Waals surface area contributed by atoms with Crippen molar-refractivity contribution in [2.75, 3.05) is 6.61 Å². The van der Waals surface area contributed by atoms with E-state index >= 15 is 0 Å². The number of carbonyl (C=O) groups is 1. The van der Waals surface area contributed by atoms with Crippen LogP contribution in [-0.4, -0.2) is 28.7 Å². The van der Waals surface area contributed by atoms with Crippen molar-refractivity contribution in [3.05, 3.63) is 35.5 Å². The molecule has 130 valence electrons. The number of ketones is 1. The van der Waals surface area contributed by atoms with Gasteiger partial charge in [0.25, 0.3) is 0 Å². The Balaban J connectivity index is 1.74. The van der Waals surface area contributed by atoms with Crippen LogP contribution in [0.1, 0.15) is 46.0 Å². The average Bonchev–Trinajstić information content (AvgIpc) is 2.84. The highest BCUT2D eigenvalue weighted by Gasteiger charge is 2.60. The summed E-state index contributed by atoms with van der Waals surface area (Å²) in [5.41, 5.74) is 2.40. The van der Waals surface area contributed by atoms with Gasteiger partial charge < -0.3 is 10.2 Å². The van der Waals surface area contributed by atoms with Crippen LogP contribution in [0.3, 0.4) is 0 Å². The van der Waals surface area contributed by atoms with Crippen LogP contribution in [0.15, 0.2) is 35.5 Å². The van der Waals surface area contributed by atoms with Gasteiger partial charge in [0.05, 0.1) is 12.7 Å². The lowest BCUT2D eigenvalue weighted by molar-refractivity contribution is -0.112. The van der Waals surface area contributed by atoms with E-state index in [1.165, 1.54) is 11.1 Å². The minimum Gasteiger partial charge on any atom is -0.393 e. The molecular weight excluding hydrogens is 300 g/mol. The van der Waals surface area contributed by atoms with Crippen molar-refractivity contribution in [2.45, 2.75) is 52.1 Å². The molecule has 3 saturated carbocycles. The van der Waals surface area contributed by atoms with Gasteiger partial charge >= 0.3 is 0 Å². The topological polar surface area (TPSA) is 57.5 Å². The zero-order chi connectivity index (χ0) is 17.1. The van der Waals surface area contributed by atoms with Gasteiger partial charge in [-0.1, -0.05) is 37.1 Å². The Morgan fingerprint density at radius 1 is 1.29 bits per heavy atom. The lowest BCUT2D eigenvalue weighted by Gasteiger charge is -2.58. The van der Waals surface area contributed by atoms with E-state index in [9.17, 15) is 15.0 Å². The average molecular weight is 328 g/mol. The molecule has 0 heterocycles. The number of hydrogen-bond acceptors (Lipinski definition) is 3. The summed E-state index contributed by atoms with van der Waals surface area (Å²) >= 11 is 0. The summed E-state index contributed by atoms with van der Waals surface area (Å²) in [5, 5.41) is 20.5. The Bertz CT molecular complexity index is 658. The summed E-state index contributed by atoms with van der Waals surface area (Å²) in [6.07, 6.45) is 12.2. The van der Waals surface area contributed by atoms with Crippen LogP contribution in [-0.2, 0) is 4.79 Å². The van der Waals surface area contributed by atoms with Gasteiger partial charge in [-0.2, -0.15) is 0 Å². The van der Waals surface area contributed by atoms with E-state index in [0.29, 0.717) is 11.8 Å². The van der Waals surface area contributed by atoms with Crippen molar-refractivity contribution in [3.8, 4) is 0 Å². The molecule has 0 amide bonds. The van der Waals surface area contributed by atoms with Crippen molar-refractivity contribution in [3.63, 3.8) is 0 Å². The number of fused-ring (bicyclic) bond motifs is 5. The largest absolute Gasteiger partial charge is 0.393 e. The first kappa shape index (κ1) is 16.3. The van der Waals surface area contributed by atoms with Crippen LogP contribution in [0.2, 0.25) is 0 Å². The summed E-state index contributed by atoms with van der Waals surface area (Å²) in [7, 11) is 0. The first-order valence-electron chi connectivity index (χ1n) is 9.33. The molecule has 4 aliphatic rings. The molecule has 3 fully saturated rings. The quantitative estimate of drug-likeness (QED) is 0.727. The van der Waals surface area contributed by atoms with Gasteiger partial charge in [-0.25, -0.2) is 0 Å². The zero-order valence-electron chi connectivity index (χ0n) is 14.7. The maximum absolute atomic E-state index is 11.8. The maximum Gasteiger partial charge on any atom is 0.178 e. The van der Waals surface area contributed by atoms with Crippen LogP contribution < -0.4 is 0 Å². The van der Waals surface area contributed by atoms with Gasteiger partial charge in [0.2, 0.25) is 0 Å². The number of carbonyl (C=O) groups excluding carboxylic acids is 1. The predicted molar refractivity (Wildman–Crippen MR) is 93.2 cm³/mol. The number of allylic oxidation sites excluding steroid dienone is 5. The van der Waals surface area contributed by atoms with E-state index < -0.39 is 0 Å². The zero-order valence-corrected chi connectivity index (χ0v) is 14.7. The van der Waals surface area contributed by atoms with Crippen molar-refractivity contribution >= 4 is 5.78 Å². The van der Waals surface area contributed by atoms with Crippen molar-refractivity contribution < 1.29 is 15.0 Å². The fraction of sp³-hybridized carbons (Fsp3) is 0.667. The lowest BCUT2D eigenvalue weighted by Crippen LogP contribution is -2.55. The molecule has 4 aliphatic carbocycles. The molecule has 6 unspecified atom stereocenters. The molecule has 0 aromatic rings. The third kappa shape index (κ3) is 2.07. The molecule has 3 heteroatoms. The van der Waals surface area contributed by atoms with Gasteiger partial charge in [0.15, 0.2) is 5.78 Å². The predicted octanol–water partition coefficient (Wildman–Crippen LogP) is 3.18. The molecule has 0 bridgehead atoms. The lowest BCUT2D eigenvalue weighted by atomic mass is 9.47. The highest BCUT2D eigenvalue weighted by Crippen LogP contribution is 2.65. The maximum atomic E-state index is 11.8. The smallest absolute Gasteiger partial charge is 0.178 e. The second-order valence-electron chi connectivity index (χ2n) is 8.66. The van der Waals surface area contributed by atoms with Gasteiger partial charge in [-0.15, -0.1) is 0 Å². The summed E-state index contributed by atoms with van der Waals surface area (Å²) < 4.78 is 0. The molecule has 0 aromatic heterocycles. The summed E-state index contributed by atoms with van der Waals surface area (Å²) in [4.78, 5) is 11.8. The van der Waals surface area contributed by atoms with E-state index in [0.717, 1.165) is 32.1 Å². The number of rotatable bonds is 1. The van der Waals surface area contributed by atoms with Crippen LogP contribution in [0.4, 0.5) is 0 Å². The van der Waals surface area contributed by atoms with Crippen LogP contribution in [0.25, 0.3) is 0 Å². The van der Waals surface area contributed by atoms with E-state index in [1.807, 2.05) is 12.2 Å². The molecule has 0 spiro atoms. The van der Waals surface area contributed by atoms with Crippen molar-refractivity contribution in [2.24, 2.45) is 28.6 Å². The molecule has 0 aromatic carbocycles. The van der Waals surface area contributed by atoms with Crippen molar-refractivity contribution in [1.29, 1.82) is 0 Å². The van der Waals surface area contributed by atoms with Crippen LogP contribution in [0, 0.1) is 28.6 Å². The molecule has 3 nitrogen and oxygen atoms in total. The minimum absolute atomic E-state index is 0.0229. The summed E-state index contributed by atoms with van der Waals surface area (Å²) in [5.74, 6) is 1.36. The Morgan fingerprint density at radius 3 is 2.83 bits per heavy atom. The Hall–Kier alpha value is -1.19. The SMILES string of the molecule is CC12C=CC(=O)C=C1CCC1C2C(O)CC2(C)/C(=C/CO)CCC12. The van der Waals surface area contributed by atoms with Gasteiger partial charge in [-0.05, 0) is 61.5 Å². The third-order valence-corrected chi connectivity index (χ3v) is 7.68. The van der Waals surface area contributed by atoms with Crippen molar-refractivity contribution in [1.82, 2.24) is 0 Å². The minimum atomic E-state index is -0.358. The molecule has 2 N–H and O–H groups in total. The second kappa shape index (κ2) is 5.40. The van der Waals surface area contributed by atoms with Crippen LogP contribution >= 0.6 is 0 Å². The second-order valence-corrected chi connectivity index (χ2v) is 8.66. The van der Waals surface area contributed by atoms with Crippen LogP contribution in [0.5, 0.6) is 0 Å². The first-order valence-corrected chi connectivity index (χ1v) is 9.33. The molecule has 6 atom stereocenters. The highest BCUT2D eigenvalue weighted by molar-refractivity contribution is 6.01. The fourth-order valence-electron chi connectivity index (χ4n) is 6.62. The Morgan fingerprint density at radius 2 is 2.08 bits per heavy atom. The molecule has 24 heavy (non-hydrogen) atoms.